The summed E-state index contributed by atoms with van der Waals surface area (Å²) in [4.78, 5) is 9.82. The van der Waals surface area contributed by atoms with E-state index in [1.54, 1.807) is 0 Å². The van der Waals surface area contributed by atoms with E-state index in [1.807, 2.05) is 0 Å². The minimum absolute atomic E-state index is 0.324. The van der Waals surface area contributed by atoms with Crippen molar-refractivity contribution in [1.82, 2.24) is 15.1 Å². The van der Waals surface area contributed by atoms with E-state index >= 15 is 0 Å². The van der Waals surface area contributed by atoms with Gasteiger partial charge in [0.15, 0.2) is 5.96 Å². The lowest BCUT2D eigenvalue weighted by Crippen LogP contribution is -2.47. The van der Waals surface area contributed by atoms with E-state index in [0.717, 1.165) is 70.5 Å². The fraction of sp³-hybridized carbons (Fsp3) is 0.955. The van der Waals surface area contributed by atoms with Crippen LogP contribution in [0.25, 0.3) is 0 Å². The Morgan fingerprint density at radius 3 is 2.54 bits per heavy atom. The molecule has 0 saturated carbocycles. The number of ether oxygens (including phenoxy) is 2. The molecule has 162 valence electrons. The van der Waals surface area contributed by atoms with E-state index in [2.05, 4.69) is 29.1 Å². The highest BCUT2D eigenvalue weighted by molar-refractivity contribution is 5.80. The zero-order valence-corrected chi connectivity index (χ0v) is 18.2. The third kappa shape index (κ3) is 7.20. The first-order valence-electron chi connectivity index (χ1n) is 11.7. The molecule has 0 aromatic heterocycles. The van der Waals surface area contributed by atoms with E-state index in [4.69, 9.17) is 14.5 Å². The molecular formula is C22H42N4O2. The molecule has 6 heteroatoms. The summed E-state index contributed by atoms with van der Waals surface area (Å²) in [6.07, 6.45) is 10.4. The standard InChI is InChI=1S/C22H42N4O2/c1-3-23-22(24-12-7-19-8-13-25(2)14-9-19)26-15-10-20(11-16-26)28-18-21-6-4-5-17-27-21/h19-21H,3-18H2,1-2H3,(H,23,24). The van der Waals surface area contributed by atoms with Gasteiger partial charge in [-0.05, 0) is 84.3 Å². The molecule has 3 fully saturated rings. The van der Waals surface area contributed by atoms with E-state index in [1.165, 1.54) is 45.2 Å². The lowest BCUT2D eigenvalue weighted by Gasteiger charge is -2.35. The van der Waals surface area contributed by atoms with Crippen LogP contribution >= 0.6 is 0 Å². The Kier molecular flexibility index (Phi) is 9.35. The summed E-state index contributed by atoms with van der Waals surface area (Å²) < 4.78 is 12.0. The molecule has 0 aliphatic carbocycles. The number of nitrogens with zero attached hydrogens (tertiary/aromatic N) is 3. The summed E-state index contributed by atoms with van der Waals surface area (Å²) in [5.41, 5.74) is 0. The van der Waals surface area contributed by atoms with Crippen molar-refractivity contribution in [2.24, 2.45) is 10.9 Å². The Morgan fingerprint density at radius 2 is 1.86 bits per heavy atom. The van der Waals surface area contributed by atoms with Crippen LogP contribution in [0.5, 0.6) is 0 Å². The Balaban J connectivity index is 1.37. The van der Waals surface area contributed by atoms with Gasteiger partial charge < -0.3 is 24.6 Å². The van der Waals surface area contributed by atoms with Gasteiger partial charge >= 0.3 is 0 Å². The predicted molar refractivity (Wildman–Crippen MR) is 115 cm³/mol. The molecule has 1 N–H and O–H groups in total. The molecule has 3 saturated heterocycles. The van der Waals surface area contributed by atoms with Gasteiger partial charge in [0.1, 0.15) is 0 Å². The van der Waals surface area contributed by atoms with Gasteiger partial charge in [-0.15, -0.1) is 0 Å². The third-order valence-corrected chi connectivity index (χ3v) is 6.51. The first-order valence-corrected chi connectivity index (χ1v) is 11.7. The van der Waals surface area contributed by atoms with Crippen molar-refractivity contribution in [3.63, 3.8) is 0 Å². The molecule has 0 aromatic rings. The zero-order chi connectivity index (χ0) is 19.6. The van der Waals surface area contributed by atoms with E-state index in [-0.39, 0.29) is 0 Å². The summed E-state index contributed by atoms with van der Waals surface area (Å²) in [5.74, 6) is 1.95. The summed E-state index contributed by atoms with van der Waals surface area (Å²) in [6.45, 7) is 10.3. The maximum Gasteiger partial charge on any atom is 0.193 e. The van der Waals surface area contributed by atoms with Crippen LogP contribution in [0.3, 0.4) is 0 Å². The molecule has 28 heavy (non-hydrogen) atoms. The van der Waals surface area contributed by atoms with Gasteiger partial charge in [-0.3, -0.25) is 4.99 Å². The Morgan fingerprint density at radius 1 is 1.07 bits per heavy atom. The molecule has 0 aromatic carbocycles. The zero-order valence-electron chi connectivity index (χ0n) is 18.2. The quantitative estimate of drug-likeness (QED) is 0.531. The van der Waals surface area contributed by atoms with E-state index < -0.39 is 0 Å². The normalized spacial score (nSPS) is 26.6. The molecule has 1 atom stereocenters. The van der Waals surface area contributed by atoms with Crippen LogP contribution in [0.4, 0.5) is 0 Å². The highest BCUT2D eigenvalue weighted by Gasteiger charge is 2.24. The third-order valence-electron chi connectivity index (χ3n) is 6.51. The van der Waals surface area contributed by atoms with Gasteiger partial charge in [-0.1, -0.05) is 0 Å². The van der Waals surface area contributed by atoms with Gasteiger partial charge in [0.2, 0.25) is 0 Å². The van der Waals surface area contributed by atoms with Crippen molar-refractivity contribution in [3.05, 3.63) is 0 Å². The van der Waals surface area contributed by atoms with Gasteiger partial charge in [-0.25, -0.2) is 0 Å². The fourth-order valence-corrected chi connectivity index (χ4v) is 4.55. The van der Waals surface area contributed by atoms with Crippen LogP contribution in [0, 0.1) is 5.92 Å². The second-order valence-electron chi connectivity index (χ2n) is 8.78. The van der Waals surface area contributed by atoms with Crippen molar-refractivity contribution < 1.29 is 9.47 Å². The van der Waals surface area contributed by atoms with Crippen molar-refractivity contribution >= 4 is 5.96 Å². The Labute approximate surface area is 172 Å². The summed E-state index contributed by atoms with van der Waals surface area (Å²) in [7, 11) is 2.23. The minimum Gasteiger partial charge on any atom is -0.376 e. The second kappa shape index (κ2) is 12.0. The molecule has 3 aliphatic heterocycles. The largest absolute Gasteiger partial charge is 0.376 e. The number of likely N-dealkylation sites (tertiary alicyclic amines) is 2. The van der Waals surface area contributed by atoms with Gasteiger partial charge in [0.25, 0.3) is 0 Å². The van der Waals surface area contributed by atoms with Crippen LogP contribution in [0.2, 0.25) is 0 Å². The lowest BCUT2D eigenvalue weighted by molar-refractivity contribution is -0.0721. The van der Waals surface area contributed by atoms with Gasteiger partial charge in [0.05, 0.1) is 18.8 Å². The highest BCUT2D eigenvalue weighted by Crippen LogP contribution is 2.20. The second-order valence-corrected chi connectivity index (χ2v) is 8.78. The molecule has 0 radical (unpaired) electrons. The first-order chi connectivity index (χ1) is 13.7. The maximum atomic E-state index is 6.16. The lowest BCUT2D eigenvalue weighted by atomic mass is 9.94. The number of hydrogen-bond donors (Lipinski definition) is 1. The van der Waals surface area contributed by atoms with Crippen LogP contribution in [-0.4, -0.2) is 87.5 Å². The molecule has 0 spiro atoms. The van der Waals surface area contributed by atoms with Crippen molar-refractivity contribution in [2.75, 3.05) is 59.5 Å². The molecule has 0 bridgehead atoms. The number of guanidine groups is 1. The number of rotatable bonds is 7. The van der Waals surface area contributed by atoms with Crippen molar-refractivity contribution in [2.45, 2.75) is 70.5 Å². The number of aliphatic imine (C=N–C) groups is 1. The fourth-order valence-electron chi connectivity index (χ4n) is 4.55. The van der Waals surface area contributed by atoms with Crippen LogP contribution < -0.4 is 5.32 Å². The van der Waals surface area contributed by atoms with Crippen molar-refractivity contribution in [3.8, 4) is 0 Å². The molecule has 3 heterocycles. The number of piperidine rings is 2. The van der Waals surface area contributed by atoms with E-state index in [9.17, 15) is 0 Å². The van der Waals surface area contributed by atoms with Gasteiger partial charge in [0, 0.05) is 32.8 Å². The monoisotopic (exact) mass is 394 g/mol. The summed E-state index contributed by atoms with van der Waals surface area (Å²) in [6, 6.07) is 0. The topological polar surface area (TPSA) is 49.3 Å². The van der Waals surface area contributed by atoms with Gasteiger partial charge in [-0.2, -0.15) is 0 Å². The summed E-state index contributed by atoms with van der Waals surface area (Å²) in [5, 5.41) is 3.50. The molecule has 1 unspecified atom stereocenters. The smallest absolute Gasteiger partial charge is 0.193 e. The highest BCUT2D eigenvalue weighted by atomic mass is 16.5. The molecule has 6 nitrogen and oxygen atoms in total. The SMILES string of the molecule is CCNC(=NCCC1CCN(C)CC1)N1CCC(OCC2CCCCO2)CC1. The van der Waals surface area contributed by atoms with Crippen molar-refractivity contribution in [1.29, 1.82) is 0 Å². The number of nitrogens with one attached hydrogen (secondary N) is 1. The van der Waals surface area contributed by atoms with Crippen LogP contribution in [0.15, 0.2) is 4.99 Å². The predicted octanol–water partition coefficient (Wildman–Crippen LogP) is 2.73. The minimum atomic E-state index is 0.324. The Bertz CT molecular complexity index is 451. The molecule has 3 rings (SSSR count). The van der Waals surface area contributed by atoms with Crippen LogP contribution in [0.1, 0.15) is 58.3 Å². The molecule has 0 amide bonds. The van der Waals surface area contributed by atoms with Crippen LogP contribution in [-0.2, 0) is 9.47 Å². The molecule has 3 aliphatic rings. The van der Waals surface area contributed by atoms with E-state index in [0.29, 0.717) is 12.2 Å². The first kappa shape index (κ1) is 21.8. The summed E-state index contributed by atoms with van der Waals surface area (Å²) >= 11 is 0. The molecular weight excluding hydrogens is 352 g/mol. The average molecular weight is 395 g/mol. The number of hydrogen-bond acceptors (Lipinski definition) is 4. The Hall–Kier alpha value is -0.850. The maximum absolute atomic E-state index is 6.16. The average Bonchev–Trinajstić information content (AvgIpc) is 2.74.